The van der Waals surface area contributed by atoms with Gasteiger partial charge in [0.1, 0.15) is 0 Å². The molecule has 0 amide bonds. The van der Waals surface area contributed by atoms with Crippen LogP contribution < -0.4 is 0 Å². The Kier molecular flexibility index (Phi) is 2.86. The second kappa shape index (κ2) is 2.88. The minimum absolute atomic E-state index is 0.0942. The highest BCUT2D eigenvalue weighted by atomic mass is 32.2. The van der Waals surface area contributed by atoms with Gasteiger partial charge >= 0.3 is 0 Å². The Morgan fingerprint density at radius 1 is 1.40 bits per heavy atom. The summed E-state index contributed by atoms with van der Waals surface area (Å²) < 4.78 is 21.7. The molecule has 0 radical (unpaired) electrons. The smallest absolute Gasteiger partial charge is 0.152 e. The fraction of sp³-hybridized carbons (Fsp3) is 1.00. The molecule has 0 atom stereocenters. The molecule has 0 saturated carbocycles. The van der Waals surface area contributed by atoms with E-state index in [1.54, 1.807) is 6.92 Å². The molecule has 0 fully saturated rings. The average molecular weight is 166 g/mol. The van der Waals surface area contributed by atoms with E-state index in [0.29, 0.717) is 0 Å². The number of hydrogen-bond acceptors (Lipinski definition) is 3. The topological polar surface area (TPSA) is 54.4 Å². The van der Waals surface area contributed by atoms with Crippen molar-refractivity contribution in [2.75, 3.05) is 11.5 Å². The first-order valence-electron chi connectivity index (χ1n) is 3.19. The van der Waals surface area contributed by atoms with Crippen molar-refractivity contribution in [1.82, 2.24) is 0 Å². The summed E-state index contributed by atoms with van der Waals surface area (Å²) in [6.07, 6.45) is 0. The summed E-state index contributed by atoms with van der Waals surface area (Å²) in [7, 11) is -3.03. The van der Waals surface area contributed by atoms with Crippen molar-refractivity contribution in [3.8, 4) is 0 Å². The second-order valence-electron chi connectivity index (χ2n) is 2.99. The van der Waals surface area contributed by atoms with Crippen LogP contribution in [-0.4, -0.2) is 30.6 Å². The zero-order valence-electron chi connectivity index (χ0n) is 6.59. The van der Waals surface area contributed by atoms with Crippen molar-refractivity contribution < 1.29 is 13.5 Å². The highest BCUT2D eigenvalue weighted by Crippen LogP contribution is 2.05. The molecule has 3 nitrogen and oxygen atoms in total. The maximum Gasteiger partial charge on any atom is 0.152 e. The predicted molar refractivity (Wildman–Crippen MR) is 40.6 cm³/mol. The first-order chi connectivity index (χ1) is 4.27. The third kappa shape index (κ3) is 4.76. The SMILES string of the molecule is CCS(=O)(=O)CC(C)(C)O. The third-order valence-corrected chi connectivity index (χ3v) is 3.04. The monoisotopic (exact) mass is 166 g/mol. The van der Waals surface area contributed by atoms with Crippen LogP contribution in [0, 0.1) is 0 Å². The van der Waals surface area contributed by atoms with Crippen molar-refractivity contribution in [2.24, 2.45) is 0 Å². The van der Waals surface area contributed by atoms with Crippen LogP contribution in [0.3, 0.4) is 0 Å². The number of aliphatic hydroxyl groups is 1. The maximum atomic E-state index is 10.9. The van der Waals surface area contributed by atoms with E-state index >= 15 is 0 Å². The van der Waals surface area contributed by atoms with Gasteiger partial charge in [0, 0.05) is 5.75 Å². The van der Waals surface area contributed by atoms with Crippen LogP contribution in [0.2, 0.25) is 0 Å². The Morgan fingerprint density at radius 2 is 1.80 bits per heavy atom. The molecule has 0 aliphatic carbocycles. The molecule has 0 aromatic heterocycles. The molecular formula is C6H14O3S. The Hall–Kier alpha value is -0.0900. The van der Waals surface area contributed by atoms with Crippen LogP contribution >= 0.6 is 0 Å². The van der Waals surface area contributed by atoms with Gasteiger partial charge in [-0.2, -0.15) is 0 Å². The molecule has 0 heterocycles. The Balaban J connectivity index is 4.18. The highest BCUT2D eigenvalue weighted by molar-refractivity contribution is 7.91. The Bertz CT molecular complexity index is 186. The molecule has 10 heavy (non-hydrogen) atoms. The first kappa shape index (κ1) is 9.91. The van der Waals surface area contributed by atoms with Gasteiger partial charge in [0.05, 0.1) is 11.4 Å². The zero-order valence-corrected chi connectivity index (χ0v) is 7.40. The molecule has 62 valence electrons. The fourth-order valence-electron chi connectivity index (χ4n) is 0.640. The van der Waals surface area contributed by atoms with E-state index in [2.05, 4.69) is 0 Å². The molecule has 0 bridgehead atoms. The largest absolute Gasteiger partial charge is 0.389 e. The van der Waals surface area contributed by atoms with Crippen LogP contribution in [0.1, 0.15) is 20.8 Å². The second-order valence-corrected chi connectivity index (χ2v) is 5.34. The fourth-order valence-corrected chi connectivity index (χ4v) is 1.92. The number of hydrogen-bond donors (Lipinski definition) is 1. The number of sulfone groups is 1. The molecule has 4 heteroatoms. The highest BCUT2D eigenvalue weighted by Gasteiger charge is 2.21. The molecular weight excluding hydrogens is 152 g/mol. The lowest BCUT2D eigenvalue weighted by Gasteiger charge is -2.15. The predicted octanol–water partition coefficient (Wildman–Crippen LogP) is 0.192. The van der Waals surface area contributed by atoms with E-state index in [4.69, 9.17) is 5.11 Å². The van der Waals surface area contributed by atoms with Gasteiger partial charge in [0.2, 0.25) is 0 Å². The van der Waals surface area contributed by atoms with Crippen LogP contribution in [0.25, 0.3) is 0 Å². The normalized spacial score (nSPS) is 13.6. The minimum Gasteiger partial charge on any atom is -0.389 e. The Morgan fingerprint density at radius 3 is 1.90 bits per heavy atom. The molecule has 0 rings (SSSR count). The van der Waals surface area contributed by atoms with Gasteiger partial charge < -0.3 is 5.11 Å². The molecule has 1 N–H and O–H groups in total. The van der Waals surface area contributed by atoms with Crippen molar-refractivity contribution >= 4 is 9.84 Å². The number of rotatable bonds is 3. The summed E-state index contributed by atoms with van der Waals surface area (Å²) in [6, 6.07) is 0. The van der Waals surface area contributed by atoms with E-state index in [1.165, 1.54) is 13.8 Å². The molecule has 0 saturated heterocycles. The summed E-state index contributed by atoms with van der Waals surface area (Å²) in [5.41, 5.74) is -1.10. The lowest BCUT2D eigenvalue weighted by atomic mass is 10.2. The average Bonchev–Trinajstić information content (AvgIpc) is 1.60. The first-order valence-corrected chi connectivity index (χ1v) is 5.02. The molecule has 0 aromatic carbocycles. The molecule has 0 aromatic rings. The van der Waals surface area contributed by atoms with E-state index in [-0.39, 0.29) is 11.5 Å². The van der Waals surface area contributed by atoms with Crippen molar-refractivity contribution in [3.63, 3.8) is 0 Å². The summed E-state index contributed by atoms with van der Waals surface area (Å²) in [4.78, 5) is 0. The van der Waals surface area contributed by atoms with E-state index in [9.17, 15) is 8.42 Å². The summed E-state index contributed by atoms with van der Waals surface area (Å²) in [5, 5.41) is 9.11. The summed E-state index contributed by atoms with van der Waals surface area (Å²) >= 11 is 0. The van der Waals surface area contributed by atoms with Crippen LogP contribution in [0.15, 0.2) is 0 Å². The van der Waals surface area contributed by atoms with Gasteiger partial charge in [-0.05, 0) is 13.8 Å². The van der Waals surface area contributed by atoms with Crippen LogP contribution in [0.5, 0.6) is 0 Å². The lowest BCUT2D eigenvalue weighted by molar-refractivity contribution is 0.105. The van der Waals surface area contributed by atoms with E-state index in [1.807, 2.05) is 0 Å². The molecule has 0 spiro atoms. The van der Waals surface area contributed by atoms with Crippen LogP contribution in [0.4, 0.5) is 0 Å². The quantitative estimate of drug-likeness (QED) is 0.651. The van der Waals surface area contributed by atoms with Crippen molar-refractivity contribution in [2.45, 2.75) is 26.4 Å². The van der Waals surface area contributed by atoms with Crippen LogP contribution in [-0.2, 0) is 9.84 Å². The van der Waals surface area contributed by atoms with Gasteiger partial charge in [-0.3, -0.25) is 0 Å². The summed E-state index contributed by atoms with van der Waals surface area (Å²) in [6.45, 7) is 4.54. The minimum atomic E-state index is -3.03. The van der Waals surface area contributed by atoms with E-state index in [0.717, 1.165) is 0 Å². The Labute approximate surface area is 62.0 Å². The lowest BCUT2D eigenvalue weighted by Crippen LogP contribution is -2.30. The van der Waals surface area contributed by atoms with Gasteiger partial charge in [0.15, 0.2) is 9.84 Å². The maximum absolute atomic E-state index is 10.9. The summed E-state index contributed by atoms with van der Waals surface area (Å²) in [5.74, 6) is -0.0620. The third-order valence-electron chi connectivity index (χ3n) is 1.01. The molecule has 0 aliphatic heterocycles. The van der Waals surface area contributed by atoms with Crippen molar-refractivity contribution in [3.05, 3.63) is 0 Å². The zero-order chi connectivity index (χ0) is 8.41. The van der Waals surface area contributed by atoms with Crippen molar-refractivity contribution in [1.29, 1.82) is 0 Å². The van der Waals surface area contributed by atoms with E-state index < -0.39 is 15.4 Å². The standard InChI is InChI=1S/C6H14O3S/c1-4-10(8,9)5-6(2,3)7/h7H,4-5H2,1-3H3. The molecule has 0 aliphatic rings. The molecule has 0 unspecified atom stereocenters. The van der Waals surface area contributed by atoms with Gasteiger partial charge in [-0.15, -0.1) is 0 Å². The van der Waals surface area contributed by atoms with Gasteiger partial charge in [-0.25, -0.2) is 8.42 Å². The van der Waals surface area contributed by atoms with Gasteiger partial charge in [0.25, 0.3) is 0 Å². The van der Waals surface area contributed by atoms with Gasteiger partial charge in [-0.1, -0.05) is 6.92 Å².